The second kappa shape index (κ2) is 10.8. The molecule has 0 radical (unpaired) electrons. The molecule has 7 nitrogen and oxygen atoms in total. The maximum absolute atomic E-state index is 13.0. The van der Waals surface area contributed by atoms with Crippen LogP contribution in [0.4, 0.5) is 0 Å². The number of benzene rings is 3. The van der Waals surface area contributed by atoms with E-state index in [9.17, 15) is 14.7 Å². The number of thiazole rings is 1. The van der Waals surface area contributed by atoms with Crippen LogP contribution in [-0.4, -0.2) is 36.2 Å². The van der Waals surface area contributed by atoms with E-state index in [1.807, 2.05) is 24.3 Å². The van der Waals surface area contributed by atoms with Crippen LogP contribution >= 0.6 is 22.9 Å². The van der Waals surface area contributed by atoms with Gasteiger partial charge < -0.3 is 19.9 Å². The lowest BCUT2D eigenvalue weighted by Crippen LogP contribution is -2.22. The van der Waals surface area contributed by atoms with Crippen molar-refractivity contribution in [3.8, 4) is 33.2 Å². The molecule has 0 aliphatic rings. The van der Waals surface area contributed by atoms with Crippen molar-refractivity contribution in [2.45, 2.75) is 13.5 Å². The number of nitrogens with zero attached hydrogens (tertiary/aromatic N) is 1. The molecular formula is C27H23ClN2O5S. The first-order valence-corrected chi connectivity index (χ1v) is 12.1. The lowest BCUT2D eigenvalue weighted by molar-refractivity contribution is 0.0693. The largest absolute Gasteiger partial charge is 0.496 e. The van der Waals surface area contributed by atoms with Gasteiger partial charge in [0.15, 0.2) is 0 Å². The molecule has 0 unspecified atom stereocenters. The van der Waals surface area contributed by atoms with Crippen molar-refractivity contribution in [3.63, 3.8) is 0 Å². The van der Waals surface area contributed by atoms with E-state index in [4.69, 9.17) is 21.1 Å². The molecule has 1 aromatic heterocycles. The van der Waals surface area contributed by atoms with Gasteiger partial charge in [0.05, 0.1) is 19.9 Å². The van der Waals surface area contributed by atoms with E-state index in [0.717, 1.165) is 21.7 Å². The summed E-state index contributed by atoms with van der Waals surface area (Å²) in [5.41, 5.74) is 3.83. The molecule has 0 atom stereocenters. The number of halogens is 1. The van der Waals surface area contributed by atoms with Gasteiger partial charge in [-0.1, -0.05) is 35.9 Å². The van der Waals surface area contributed by atoms with Crippen molar-refractivity contribution in [2.24, 2.45) is 0 Å². The van der Waals surface area contributed by atoms with E-state index >= 15 is 0 Å². The minimum atomic E-state index is -1.08. The summed E-state index contributed by atoms with van der Waals surface area (Å²) in [5, 5.41) is 13.8. The number of rotatable bonds is 8. The zero-order chi connectivity index (χ0) is 25.8. The standard InChI is InChI=1S/C27H23ClN2O5S/c1-15-24(36-26(30-15)16-4-8-20(28)9-5-16)25(31)29-14-19-12-17(6-10-22(19)34-2)18-7-11-23(35-3)21(13-18)27(32)33/h4-13H,14H2,1-3H3,(H,29,31)(H,32,33). The number of aryl methyl sites for hydroxylation is 1. The first-order valence-electron chi connectivity index (χ1n) is 10.9. The first-order chi connectivity index (χ1) is 17.3. The molecule has 3 aromatic carbocycles. The van der Waals surface area contributed by atoms with Crippen LogP contribution in [0.3, 0.4) is 0 Å². The molecule has 0 saturated heterocycles. The van der Waals surface area contributed by atoms with Gasteiger partial charge in [0.25, 0.3) is 5.91 Å². The number of carbonyl (C=O) groups excluding carboxylic acids is 1. The minimum absolute atomic E-state index is 0.0674. The maximum Gasteiger partial charge on any atom is 0.339 e. The van der Waals surface area contributed by atoms with Crippen molar-refractivity contribution in [3.05, 3.63) is 87.4 Å². The third-order valence-electron chi connectivity index (χ3n) is 5.58. The molecule has 184 valence electrons. The van der Waals surface area contributed by atoms with Crippen molar-refractivity contribution in [1.82, 2.24) is 10.3 Å². The molecule has 0 spiro atoms. The van der Waals surface area contributed by atoms with Crippen LogP contribution in [0.1, 0.15) is 31.3 Å². The Balaban J connectivity index is 1.56. The molecule has 0 bridgehead atoms. The number of aromatic nitrogens is 1. The van der Waals surface area contributed by atoms with Crippen molar-refractivity contribution in [2.75, 3.05) is 14.2 Å². The minimum Gasteiger partial charge on any atom is -0.496 e. The maximum atomic E-state index is 13.0. The molecule has 9 heteroatoms. The van der Waals surface area contributed by atoms with E-state index in [0.29, 0.717) is 26.9 Å². The van der Waals surface area contributed by atoms with Crippen LogP contribution < -0.4 is 14.8 Å². The summed E-state index contributed by atoms with van der Waals surface area (Å²) in [6.07, 6.45) is 0. The molecule has 1 heterocycles. The Kier molecular flexibility index (Phi) is 7.57. The Hall–Kier alpha value is -3.88. The third kappa shape index (κ3) is 5.35. The zero-order valence-electron chi connectivity index (χ0n) is 19.8. The van der Waals surface area contributed by atoms with Crippen LogP contribution in [-0.2, 0) is 6.54 Å². The van der Waals surface area contributed by atoms with E-state index in [-0.39, 0.29) is 23.8 Å². The predicted octanol–water partition coefficient (Wildman–Crippen LogP) is 6.08. The van der Waals surface area contributed by atoms with Crippen molar-refractivity contribution < 1.29 is 24.2 Å². The molecule has 2 N–H and O–H groups in total. The fourth-order valence-electron chi connectivity index (χ4n) is 3.73. The summed E-state index contributed by atoms with van der Waals surface area (Å²) < 4.78 is 10.6. The number of methoxy groups -OCH3 is 2. The van der Waals surface area contributed by atoms with Gasteiger partial charge in [-0.2, -0.15) is 0 Å². The first kappa shape index (κ1) is 25.2. The van der Waals surface area contributed by atoms with Crippen molar-refractivity contribution >= 4 is 34.8 Å². The third-order valence-corrected chi connectivity index (χ3v) is 7.03. The van der Waals surface area contributed by atoms with Gasteiger partial charge in [-0.3, -0.25) is 4.79 Å². The summed E-state index contributed by atoms with van der Waals surface area (Å²) in [7, 11) is 2.99. The Bertz CT molecular complexity index is 1430. The molecule has 4 rings (SSSR count). The molecular weight excluding hydrogens is 500 g/mol. The molecule has 36 heavy (non-hydrogen) atoms. The molecule has 4 aromatic rings. The number of amides is 1. The fourth-order valence-corrected chi connectivity index (χ4v) is 4.84. The molecule has 1 amide bonds. The fraction of sp³-hybridized carbons (Fsp3) is 0.148. The van der Waals surface area contributed by atoms with Gasteiger partial charge in [0.2, 0.25) is 0 Å². The van der Waals surface area contributed by atoms with Crippen LogP contribution in [0, 0.1) is 6.92 Å². The number of hydrogen-bond donors (Lipinski definition) is 2. The average Bonchev–Trinajstić information content (AvgIpc) is 3.28. The Morgan fingerprint density at radius 2 is 1.56 bits per heavy atom. The average molecular weight is 523 g/mol. The molecule has 0 saturated carbocycles. The van der Waals surface area contributed by atoms with Gasteiger partial charge >= 0.3 is 5.97 Å². The summed E-state index contributed by atoms with van der Waals surface area (Å²) in [6, 6.07) is 17.8. The highest BCUT2D eigenvalue weighted by atomic mass is 35.5. The lowest BCUT2D eigenvalue weighted by atomic mass is 10.00. The summed E-state index contributed by atoms with van der Waals surface area (Å²) in [5.74, 6) is -0.429. The van der Waals surface area contributed by atoms with Gasteiger partial charge in [0, 0.05) is 22.7 Å². The Morgan fingerprint density at radius 1 is 0.944 bits per heavy atom. The Labute approximate surface area is 217 Å². The number of ether oxygens (including phenoxy) is 2. The Morgan fingerprint density at radius 3 is 2.19 bits per heavy atom. The SMILES string of the molecule is COc1ccc(-c2ccc(OC)c(C(=O)O)c2)cc1CNC(=O)c1sc(-c2ccc(Cl)cc2)nc1C. The van der Waals surface area contributed by atoms with E-state index in [1.165, 1.54) is 18.4 Å². The number of carbonyl (C=O) groups is 2. The van der Waals surface area contributed by atoms with Crippen LogP contribution in [0.5, 0.6) is 11.5 Å². The molecule has 0 aliphatic carbocycles. The molecule has 0 aliphatic heterocycles. The zero-order valence-corrected chi connectivity index (χ0v) is 21.4. The monoisotopic (exact) mass is 522 g/mol. The van der Waals surface area contributed by atoms with E-state index in [2.05, 4.69) is 10.3 Å². The van der Waals surface area contributed by atoms with E-state index in [1.54, 1.807) is 50.4 Å². The second-order valence-corrected chi connectivity index (χ2v) is 9.31. The summed E-state index contributed by atoms with van der Waals surface area (Å²) >= 11 is 7.29. The summed E-state index contributed by atoms with van der Waals surface area (Å²) in [6.45, 7) is 2.02. The highest BCUT2D eigenvalue weighted by Crippen LogP contribution is 2.31. The molecule has 0 fully saturated rings. The van der Waals surface area contributed by atoms with E-state index < -0.39 is 5.97 Å². The van der Waals surface area contributed by atoms with Gasteiger partial charge in [-0.25, -0.2) is 9.78 Å². The number of carboxylic acid groups (broad SMARTS) is 1. The summed E-state index contributed by atoms with van der Waals surface area (Å²) in [4.78, 5) is 29.7. The number of carboxylic acids is 1. The quantitative estimate of drug-likeness (QED) is 0.291. The highest BCUT2D eigenvalue weighted by Gasteiger charge is 2.18. The number of hydrogen-bond acceptors (Lipinski definition) is 6. The smallest absolute Gasteiger partial charge is 0.339 e. The van der Waals surface area contributed by atoms with Crippen LogP contribution in [0.2, 0.25) is 5.02 Å². The normalized spacial score (nSPS) is 10.7. The van der Waals surface area contributed by atoms with Gasteiger partial charge in [0.1, 0.15) is 26.9 Å². The number of aromatic carboxylic acids is 1. The van der Waals surface area contributed by atoms with Gasteiger partial charge in [-0.05, 0) is 54.4 Å². The van der Waals surface area contributed by atoms with Crippen LogP contribution in [0.25, 0.3) is 21.7 Å². The van der Waals surface area contributed by atoms with Crippen molar-refractivity contribution in [1.29, 1.82) is 0 Å². The van der Waals surface area contributed by atoms with Crippen LogP contribution in [0.15, 0.2) is 60.7 Å². The lowest BCUT2D eigenvalue weighted by Gasteiger charge is -2.13. The van der Waals surface area contributed by atoms with Gasteiger partial charge in [-0.15, -0.1) is 11.3 Å². The second-order valence-electron chi connectivity index (χ2n) is 7.87. The topological polar surface area (TPSA) is 97.8 Å². The predicted molar refractivity (Wildman–Crippen MR) is 140 cm³/mol. The number of nitrogens with one attached hydrogen (secondary N) is 1. The highest BCUT2D eigenvalue weighted by molar-refractivity contribution is 7.17.